The molecule has 0 saturated heterocycles. The second kappa shape index (κ2) is 9.05. The van der Waals surface area contributed by atoms with Gasteiger partial charge >= 0.3 is 5.97 Å². The van der Waals surface area contributed by atoms with Crippen LogP contribution in [0.1, 0.15) is 23.6 Å². The largest absolute Gasteiger partial charge is 0.480 e. The summed E-state index contributed by atoms with van der Waals surface area (Å²) in [6, 6.07) is 25.2. The van der Waals surface area contributed by atoms with Gasteiger partial charge in [0, 0.05) is 10.9 Å². The lowest BCUT2D eigenvalue weighted by molar-refractivity contribution is -0.142. The smallest absolute Gasteiger partial charge is 0.326 e. The molecule has 0 fully saturated rings. The van der Waals surface area contributed by atoms with Crippen molar-refractivity contribution in [3.05, 3.63) is 106 Å². The number of amides is 1. The first kappa shape index (κ1) is 20.8. The Morgan fingerprint density at radius 2 is 1.48 bits per heavy atom. The number of rotatable bonds is 7. The number of nitrogens with one attached hydrogen (secondary N) is 1. The van der Waals surface area contributed by atoms with Crippen LogP contribution in [0.25, 0.3) is 0 Å². The molecule has 148 valence electrons. The number of hydrogen-bond acceptors (Lipinski definition) is 2. The van der Waals surface area contributed by atoms with Gasteiger partial charge in [0.25, 0.3) is 0 Å². The second-order valence-corrected chi connectivity index (χ2v) is 7.97. The van der Waals surface area contributed by atoms with Crippen molar-refractivity contribution in [3.8, 4) is 0 Å². The Kier molecular flexibility index (Phi) is 6.49. The quantitative estimate of drug-likeness (QED) is 0.552. The molecule has 0 aromatic heterocycles. The monoisotopic (exact) mass is 451 g/mol. The summed E-state index contributed by atoms with van der Waals surface area (Å²) in [4.78, 5) is 25.4. The first-order valence-electron chi connectivity index (χ1n) is 9.30. The number of aliphatic carboxylic acids is 1. The molecule has 3 aromatic carbocycles. The van der Waals surface area contributed by atoms with Crippen molar-refractivity contribution in [1.29, 1.82) is 0 Å². The Hall–Kier alpha value is -2.92. The molecule has 0 aliphatic carbocycles. The molecule has 1 atom stereocenters. The normalized spacial score (nSPS) is 12.2. The van der Waals surface area contributed by atoms with E-state index >= 15 is 0 Å². The molecular formula is C24H22BrNO3. The minimum atomic E-state index is -1.07. The maximum atomic E-state index is 13.5. The lowest BCUT2D eigenvalue weighted by Gasteiger charge is -2.31. The van der Waals surface area contributed by atoms with Crippen molar-refractivity contribution in [2.24, 2.45) is 0 Å². The third-order valence-corrected chi connectivity index (χ3v) is 5.58. The summed E-state index contributed by atoms with van der Waals surface area (Å²) in [7, 11) is 0. The fourth-order valence-corrected chi connectivity index (χ4v) is 3.82. The molecule has 1 amide bonds. The SMILES string of the molecule is CC(C(=O)N[C@H](Cc1cccc(Br)c1)C(=O)O)(c1ccccc1)c1ccccc1. The van der Waals surface area contributed by atoms with Crippen LogP contribution in [0.3, 0.4) is 0 Å². The number of halogens is 1. The van der Waals surface area contributed by atoms with Crippen LogP contribution >= 0.6 is 15.9 Å². The molecule has 0 aliphatic rings. The molecular weight excluding hydrogens is 430 g/mol. The number of carboxylic acid groups (broad SMARTS) is 1. The predicted molar refractivity (Wildman–Crippen MR) is 117 cm³/mol. The Morgan fingerprint density at radius 1 is 0.931 bits per heavy atom. The van der Waals surface area contributed by atoms with Crippen molar-refractivity contribution in [3.63, 3.8) is 0 Å². The number of carboxylic acids is 1. The third-order valence-electron chi connectivity index (χ3n) is 5.09. The highest BCUT2D eigenvalue weighted by Crippen LogP contribution is 2.32. The Bertz CT molecular complexity index is 950. The zero-order valence-corrected chi connectivity index (χ0v) is 17.6. The zero-order valence-electron chi connectivity index (χ0n) is 16.0. The molecule has 0 bridgehead atoms. The van der Waals surface area contributed by atoms with E-state index in [1.165, 1.54) is 0 Å². The maximum Gasteiger partial charge on any atom is 0.326 e. The molecule has 3 aromatic rings. The van der Waals surface area contributed by atoms with Gasteiger partial charge in [-0.2, -0.15) is 0 Å². The van der Waals surface area contributed by atoms with Gasteiger partial charge in [-0.1, -0.05) is 88.7 Å². The minimum absolute atomic E-state index is 0.195. The van der Waals surface area contributed by atoms with E-state index in [1.54, 1.807) is 0 Å². The van der Waals surface area contributed by atoms with Crippen LogP contribution in [0, 0.1) is 0 Å². The van der Waals surface area contributed by atoms with Gasteiger partial charge in [-0.05, 0) is 35.7 Å². The number of hydrogen-bond donors (Lipinski definition) is 2. The lowest BCUT2D eigenvalue weighted by Crippen LogP contribution is -2.50. The molecule has 0 unspecified atom stereocenters. The average molecular weight is 452 g/mol. The minimum Gasteiger partial charge on any atom is -0.480 e. The van der Waals surface area contributed by atoms with E-state index < -0.39 is 17.4 Å². The first-order chi connectivity index (χ1) is 13.9. The summed E-state index contributed by atoms with van der Waals surface area (Å²) >= 11 is 3.40. The number of carbonyl (C=O) groups is 2. The highest BCUT2D eigenvalue weighted by molar-refractivity contribution is 9.10. The average Bonchev–Trinajstić information content (AvgIpc) is 2.73. The molecule has 0 radical (unpaired) electrons. The van der Waals surface area contributed by atoms with Crippen LogP contribution < -0.4 is 5.32 Å². The number of carbonyl (C=O) groups excluding carboxylic acids is 1. The molecule has 0 spiro atoms. The van der Waals surface area contributed by atoms with Gasteiger partial charge < -0.3 is 10.4 Å². The van der Waals surface area contributed by atoms with E-state index in [0.717, 1.165) is 21.2 Å². The van der Waals surface area contributed by atoms with Crippen molar-refractivity contribution >= 4 is 27.8 Å². The van der Waals surface area contributed by atoms with Crippen LogP contribution in [-0.2, 0) is 21.4 Å². The van der Waals surface area contributed by atoms with E-state index in [2.05, 4.69) is 21.2 Å². The molecule has 29 heavy (non-hydrogen) atoms. The van der Waals surface area contributed by atoms with E-state index in [0.29, 0.717) is 0 Å². The molecule has 4 nitrogen and oxygen atoms in total. The van der Waals surface area contributed by atoms with Gasteiger partial charge in [-0.3, -0.25) is 4.79 Å². The van der Waals surface area contributed by atoms with Crippen molar-refractivity contribution < 1.29 is 14.7 Å². The standard InChI is InChI=1S/C24H22BrNO3/c1-24(18-10-4-2-5-11-18,19-12-6-3-7-13-19)23(29)26-21(22(27)28)16-17-9-8-14-20(25)15-17/h2-15,21H,16H2,1H3,(H,26,29)(H,27,28)/t21-/m1/s1. The molecule has 0 heterocycles. The summed E-state index contributed by atoms with van der Waals surface area (Å²) in [6.07, 6.45) is 0.195. The Labute approximate surface area is 178 Å². The van der Waals surface area contributed by atoms with Crippen LogP contribution in [0.5, 0.6) is 0 Å². The summed E-state index contributed by atoms with van der Waals surface area (Å²) in [5.41, 5.74) is 1.41. The summed E-state index contributed by atoms with van der Waals surface area (Å²) in [6.45, 7) is 1.82. The Morgan fingerprint density at radius 3 is 1.97 bits per heavy atom. The predicted octanol–water partition coefficient (Wildman–Crippen LogP) is 4.57. The number of benzene rings is 3. The van der Waals surface area contributed by atoms with Crippen molar-refractivity contribution in [2.45, 2.75) is 24.8 Å². The Balaban J connectivity index is 1.94. The van der Waals surface area contributed by atoms with Gasteiger partial charge in [0.2, 0.25) is 5.91 Å². The van der Waals surface area contributed by atoms with Crippen LogP contribution in [0.15, 0.2) is 89.4 Å². The van der Waals surface area contributed by atoms with Crippen LogP contribution in [0.4, 0.5) is 0 Å². The second-order valence-electron chi connectivity index (χ2n) is 7.06. The summed E-state index contributed by atoms with van der Waals surface area (Å²) in [5.74, 6) is -1.42. The molecule has 3 rings (SSSR count). The fourth-order valence-electron chi connectivity index (χ4n) is 3.37. The zero-order chi connectivity index (χ0) is 20.9. The van der Waals surface area contributed by atoms with E-state index in [-0.39, 0.29) is 12.3 Å². The van der Waals surface area contributed by atoms with Gasteiger partial charge in [-0.15, -0.1) is 0 Å². The van der Waals surface area contributed by atoms with E-state index in [9.17, 15) is 14.7 Å². The van der Waals surface area contributed by atoms with Gasteiger partial charge in [0.15, 0.2) is 0 Å². The van der Waals surface area contributed by atoms with Gasteiger partial charge in [0.05, 0.1) is 5.41 Å². The molecule has 5 heteroatoms. The van der Waals surface area contributed by atoms with E-state index in [4.69, 9.17) is 0 Å². The van der Waals surface area contributed by atoms with Gasteiger partial charge in [-0.25, -0.2) is 4.79 Å². The van der Waals surface area contributed by atoms with Crippen LogP contribution in [0.2, 0.25) is 0 Å². The highest BCUT2D eigenvalue weighted by Gasteiger charge is 2.38. The fraction of sp³-hybridized carbons (Fsp3) is 0.167. The topological polar surface area (TPSA) is 66.4 Å². The molecule has 0 aliphatic heterocycles. The molecule has 0 saturated carbocycles. The van der Waals surface area contributed by atoms with Gasteiger partial charge in [0.1, 0.15) is 6.04 Å². The maximum absolute atomic E-state index is 13.5. The summed E-state index contributed by atoms with van der Waals surface area (Å²) in [5, 5.41) is 12.5. The van der Waals surface area contributed by atoms with Crippen molar-refractivity contribution in [1.82, 2.24) is 5.32 Å². The first-order valence-corrected chi connectivity index (χ1v) is 10.1. The van der Waals surface area contributed by atoms with E-state index in [1.807, 2.05) is 91.9 Å². The summed E-state index contributed by atoms with van der Waals surface area (Å²) < 4.78 is 0.865. The van der Waals surface area contributed by atoms with Crippen molar-refractivity contribution in [2.75, 3.05) is 0 Å². The highest BCUT2D eigenvalue weighted by atomic mass is 79.9. The lowest BCUT2D eigenvalue weighted by atomic mass is 9.75. The molecule has 2 N–H and O–H groups in total. The third kappa shape index (κ3) is 4.74. The van der Waals surface area contributed by atoms with Crippen LogP contribution in [-0.4, -0.2) is 23.0 Å².